The molecule has 272 valence electrons. The van der Waals surface area contributed by atoms with Crippen molar-refractivity contribution in [1.82, 2.24) is 19.3 Å². The Labute approximate surface area is 324 Å². The molecule has 0 N–H and O–H groups in total. The molecule has 3 aromatic carbocycles. The molecule has 0 fully saturated rings. The van der Waals surface area contributed by atoms with E-state index in [1.807, 2.05) is 12.3 Å². The van der Waals surface area contributed by atoms with Crippen molar-refractivity contribution in [2.24, 2.45) is 17.8 Å². The van der Waals surface area contributed by atoms with Gasteiger partial charge in [0, 0.05) is 40.4 Å². The minimum Gasteiger partial charge on any atom is -0.509 e. The van der Waals surface area contributed by atoms with Crippen molar-refractivity contribution < 1.29 is 25.8 Å². The van der Waals surface area contributed by atoms with E-state index in [0.29, 0.717) is 41.1 Å². The Bertz CT molecular complexity index is 2280. The second-order valence-electron chi connectivity index (χ2n) is 16.5. The molecule has 0 saturated carbocycles. The first kappa shape index (κ1) is 37.8. The predicted molar refractivity (Wildman–Crippen MR) is 211 cm³/mol. The van der Waals surface area contributed by atoms with Crippen molar-refractivity contribution in [3.05, 3.63) is 119 Å². The van der Waals surface area contributed by atoms with Crippen molar-refractivity contribution in [3.63, 3.8) is 0 Å². The van der Waals surface area contributed by atoms with Crippen LogP contribution in [0.5, 0.6) is 11.5 Å². The van der Waals surface area contributed by atoms with Crippen LogP contribution in [-0.2, 0) is 26.5 Å². The molecule has 52 heavy (non-hydrogen) atoms. The summed E-state index contributed by atoms with van der Waals surface area (Å²) in [5.41, 5.74) is 10.4. The van der Waals surface area contributed by atoms with Gasteiger partial charge in [0.15, 0.2) is 0 Å². The summed E-state index contributed by atoms with van der Waals surface area (Å²) in [6, 6.07) is 28.5. The maximum absolute atomic E-state index is 6.67. The summed E-state index contributed by atoms with van der Waals surface area (Å²) in [6.07, 6.45) is 5.63. The van der Waals surface area contributed by atoms with Crippen molar-refractivity contribution in [3.8, 4) is 23.0 Å². The Morgan fingerprint density at radius 1 is 0.885 bits per heavy atom. The Balaban J connectivity index is 0.00000464. The van der Waals surface area contributed by atoms with Gasteiger partial charge in [0.2, 0.25) is 0 Å². The zero-order valence-electron chi connectivity index (χ0n) is 32.5. The largest absolute Gasteiger partial charge is 2.00 e. The monoisotopic (exact) mass is 871 g/mol. The zero-order valence-corrected chi connectivity index (χ0v) is 34.8. The van der Waals surface area contributed by atoms with Gasteiger partial charge in [-0.2, -0.15) is 11.2 Å². The molecular weight excluding hydrogens is 820 g/mol. The van der Waals surface area contributed by atoms with Crippen molar-refractivity contribution >= 4 is 21.8 Å². The van der Waals surface area contributed by atoms with Crippen LogP contribution in [0.4, 0.5) is 0 Å². The van der Waals surface area contributed by atoms with Crippen LogP contribution in [0.2, 0.25) is 0 Å². The number of hydrogen-bond acceptors (Lipinski definition) is 3. The van der Waals surface area contributed by atoms with Crippen LogP contribution < -0.4 is 4.74 Å². The summed E-state index contributed by atoms with van der Waals surface area (Å²) < 4.78 is 11.0. The smallest absolute Gasteiger partial charge is 0.509 e. The van der Waals surface area contributed by atoms with Crippen LogP contribution >= 0.6 is 0 Å². The molecule has 0 bridgehead atoms. The second-order valence-corrected chi connectivity index (χ2v) is 16.5. The van der Waals surface area contributed by atoms with Crippen molar-refractivity contribution in [2.45, 2.75) is 99.8 Å². The van der Waals surface area contributed by atoms with E-state index in [0.717, 1.165) is 39.0 Å². The third kappa shape index (κ3) is 6.94. The zero-order chi connectivity index (χ0) is 36.4. The minimum absolute atomic E-state index is 0. The van der Waals surface area contributed by atoms with Crippen LogP contribution in [0.1, 0.15) is 109 Å². The van der Waals surface area contributed by atoms with Crippen molar-refractivity contribution in [2.75, 3.05) is 0 Å². The first-order valence-corrected chi connectivity index (χ1v) is 18.6. The number of aryl methyl sites for hydroxylation is 1. The number of pyridine rings is 1. The number of nitrogens with zero attached hydrogens (tertiary/aromatic N) is 4. The van der Waals surface area contributed by atoms with Gasteiger partial charge in [-0.15, -0.1) is 41.3 Å². The Morgan fingerprint density at radius 3 is 2.33 bits per heavy atom. The number of ether oxygens (including phenoxy) is 1. The van der Waals surface area contributed by atoms with Gasteiger partial charge in [0.1, 0.15) is 5.82 Å². The summed E-state index contributed by atoms with van der Waals surface area (Å²) in [4.78, 5) is 4.84. The quantitative estimate of drug-likeness (QED) is 0.119. The molecule has 0 amide bonds. The molecule has 6 heteroatoms. The second kappa shape index (κ2) is 14.5. The minimum atomic E-state index is -0.00332. The van der Waals surface area contributed by atoms with E-state index >= 15 is 0 Å². The van der Waals surface area contributed by atoms with Crippen LogP contribution in [0.25, 0.3) is 33.3 Å². The summed E-state index contributed by atoms with van der Waals surface area (Å²) >= 11 is 0. The van der Waals surface area contributed by atoms with Gasteiger partial charge in [0.25, 0.3) is 0 Å². The molecule has 6 aromatic rings. The van der Waals surface area contributed by atoms with Gasteiger partial charge in [-0.25, -0.2) is 4.98 Å². The van der Waals surface area contributed by atoms with Gasteiger partial charge in [-0.3, -0.25) is 4.68 Å². The van der Waals surface area contributed by atoms with E-state index in [-0.39, 0.29) is 26.5 Å². The van der Waals surface area contributed by atoms with E-state index in [9.17, 15) is 0 Å². The molecule has 3 atom stereocenters. The Hall–Kier alpha value is -3.95. The number of hydrogen-bond donors (Lipinski definition) is 0. The van der Waals surface area contributed by atoms with E-state index in [4.69, 9.17) is 14.8 Å². The normalized spacial score (nSPS) is 17.9. The van der Waals surface area contributed by atoms with Gasteiger partial charge in [-0.05, 0) is 91.1 Å². The molecule has 1 unspecified atom stereocenters. The fraction of sp³-hybridized carbons (Fsp3) is 0.391. The summed E-state index contributed by atoms with van der Waals surface area (Å²) in [6.45, 7) is 24.9. The van der Waals surface area contributed by atoms with E-state index in [1.54, 1.807) is 0 Å². The van der Waals surface area contributed by atoms with Gasteiger partial charge < -0.3 is 9.30 Å². The first-order valence-electron chi connectivity index (χ1n) is 18.6. The standard InChI is InChI=1S/C46H52N4O.Pt/c1-27(2)33-20-29(5)44(30(6)21-33)45-31(7)48-50(32(45)8)36-22-34(28(3)4)23-38(25-36)51-37-16-17-40-39-14-12-13-15-41(39)49(42(40)26-37)43-24-35(18-19-47-43)46(9,10)11;/h12-20,22-24,27-28,30,33,44H,21H2,1-11H3;/q-2;+2/t30-,33-,44?;/m0./s1. The van der Waals surface area contributed by atoms with E-state index < -0.39 is 0 Å². The SMILES string of the molecule is CC1=C[C@H](C(C)C)C[C@H](C)C1c1c(C)nn(-c2[c-]c(Oc3[c-]c4c(cc3)c3ccccc3n4-c3cc(C(C)(C)C)ccn3)cc(C(C)C)c2)c1C.[Pt+2]. The number of fused-ring (bicyclic) bond motifs is 3. The fourth-order valence-electron chi connectivity index (χ4n) is 8.19. The maximum Gasteiger partial charge on any atom is 2.00 e. The molecule has 0 radical (unpaired) electrons. The van der Waals surface area contributed by atoms with Crippen LogP contribution in [0, 0.1) is 43.7 Å². The number of rotatable bonds is 7. The van der Waals surface area contributed by atoms with Crippen molar-refractivity contribution in [1.29, 1.82) is 0 Å². The summed E-state index contributed by atoms with van der Waals surface area (Å²) in [7, 11) is 0. The molecule has 1 aliphatic carbocycles. The molecule has 3 aromatic heterocycles. The van der Waals surface area contributed by atoms with E-state index in [2.05, 4.69) is 158 Å². The average Bonchev–Trinajstić information content (AvgIpc) is 3.56. The predicted octanol–water partition coefficient (Wildman–Crippen LogP) is 12.1. The molecule has 0 spiro atoms. The van der Waals surface area contributed by atoms with Crippen LogP contribution in [-0.4, -0.2) is 19.3 Å². The molecule has 0 saturated heterocycles. The van der Waals surface area contributed by atoms with Crippen LogP contribution in [0.15, 0.2) is 78.5 Å². The molecule has 1 aliphatic rings. The Kier molecular flexibility index (Phi) is 10.5. The fourth-order valence-corrected chi connectivity index (χ4v) is 8.19. The first-order chi connectivity index (χ1) is 24.2. The van der Waals surface area contributed by atoms with Gasteiger partial charge >= 0.3 is 21.1 Å². The molecule has 7 rings (SSSR count). The number of para-hydroxylation sites is 1. The number of aromatic nitrogens is 4. The summed E-state index contributed by atoms with van der Waals surface area (Å²) in [5, 5.41) is 7.41. The molecule has 3 heterocycles. The van der Waals surface area contributed by atoms with Gasteiger partial charge in [-0.1, -0.05) is 90.8 Å². The van der Waals surface area contributed by atoms with Crippen LogP contribution in [0.3, 0.4) is 0 Å². The molecule has 0 aliphatic heterocycles. The Morgan fingerprint density at radius 2 is 1.63 bits per heavy atom. The molecule has 5 nitrogen and oxygen atoms in total. The topological polar surface area (TPSA) is 44.9 Å². The maximum atomic E-state index is 6.67. The number of allylic oxidation sites excluding steroid dienone is 2. The summed E-state index contributed by atoms with van der Waals surface area (Å²) in [5.74, 6) is 4.64. The number of benzene rings is 3. The van der Waals surface area contributed by atoms with E-state index in [1.165, 1.54) is 34.4 Å². The molecular formula is C46H52N4OPt. The van der Waals surface area contributed by atoms with Gasteiger partial charge in [0.05, 0.1) is 5.69 Å². The third-order valence-corrected chi connectivity index (χ3v) is 11.1. The average molecular weight is 872 g/mol. The third-order valence-electron chi connectivity index (χ3n) is 11.1.